The summed E-state index contributed by atoms with van der Waals surface area (Å²) < 4.78 is 0. The summed E-state index contributed by atoms with van der Waals surface area (Å²) in [6.07, 6.45) is 0. The summed E-state index contributed by atoms with van der Waals surface area (Å²) in [6, 6.07) is 20.7. The Kier molecular flexibility index (Phi) is 4.99. The molecule has 1 heterocycles. The number of nitrogens with one attached hydrogen (secondary N) is 2. The van der Waals surface area contributed by atoms with Crippen LogP contribution < -0.4 is 10.6 Å². The fraction of sp³-hybridized carbons (Fsp3) is 0.174. The zero-order chi connectivity index (χ0) is 20.4. The van der Waals surface area contributed by atoms with Crippen LogP contribution in [0.5, 0.6) is 0 Å². The Morgan fingerprint density at radius 3 is 2.45 bits per heavy atom. The van der Waals surface area contributed by atoms with Gasteiger partial charge in [-0.3, -0.25) is 14.5 Å². The van der Waals surface area contributed by atoms with Crippen molar-refractivity contribution in [3.8, 4) is 0 Å². The molecule has 146 valence electrons. The number of carbonyl (C=O) groups excluding carboxylic acids is 3. The van der Waals surface area contributed by atoms with Gasteiger partial charge in [0.05, 0.1) is 19.1 Å². The number of hydrogen-bond acceptors (Lipinski definition) is 3. The minimum atomic E-state index is -0.388. The van der Waals surface area contributed by atoms with Crippen molar-refractivity contribution in [1.29, 1.82) is 0 Å². The number of benzene rings is 3. The maximum Gasteiger partial charge on any atom is 0.324 e. The molecule has 29 heavy (non-hydrogen) atoms. The van der Waals surface area contributed by atoms with E-state index >= 15 is 0 Å². The highest BCUT2D eigenvalue weighted by molar-refractivity contribution is 6.01. The van der Waals surface area contributed by atoms with E-state index in [1.807, 2.05) is 25.1 Å². The number of rotatable bonds is 5. The monoisotopic (exact) mass is 387 g/mol. The molecule has 1 aliphatic rings. The maximum atomic E-state index is 12.6. The van der Waals surface area contributed by atoms with Gasteiger partial charge in [-0.15, -0.1) is 0 Å². The highest BCUT2D eigenvalue weighted by Crippen LogP contribution is 2.20. The lowest BCUT2D eigenvalue weighted by Crippen LogP contribution is -2.30. The van der Waals surface area contributed by atoms with Crippen molar-refractivity contribution in [2.24, 2.45) is 0 Å². The summed E-state index contributed by atoms with van der Waals surface area (Å²) in [7, 11) is 0. The molecular weight excluding hydrogens is 366 g/mol. The van der Waals surface area contributed by atoms with Gasteiger partial charge in [-0.2, -0.15) is 0 Å². The standard InChI is InChI=1S/C23H21N3O3/c1-15(19-11-10-17-4-2-3-5-20(17)12-19)25-22(28)18-8-6-16(7-9-18)14-26-21(27)13-24-23(26)29/h2-12,15H,13-14H2,1H3,(H,24,29)(H,25,28). The third kappa shape index (κ3) is 3.96. The summed E-state index contributed by atoms with van der Waals surface area (Å²) in [4.78, 5) is 37.1. The number of carbonyl (C=O) groups is 3. The molecule has 1 unspecified atom stereocenters. The first-order valence-corrected chi connectivity index (χ1v) is 9.48. The number of amides is 4. The second-order valence-electron chi connectivity index (χ2n) is 7.14. The lowest BCUT2D eigenvalue weighted by atomic mass is 10.0. The van der Waals surface area contributed by atoms with E-state index in [9.17, 15) is 14.4 Å². The summed E-state index contributed by atoms with van der Waals surface area (Å²) in [5, 5.41) is 7.80. The number of nitrogens with zero attached hydrogens (tertiary/aromatic N) is 1. The van der Waals surface area contributed by atoms with Gasteiger partial charge in [-0.25, -0.2) is 4.79 Å². The number of fused-ring (bicyclic) bond motifs is 1. The fourth-order valence-corrected chi connectivity index (χ4v) is 3.40. The van der Waals surface area contributed by atoms with E-state index in [2.05, 4.69) is 34.9 Å². The summed E-state index contributed by atoms with van der Waals surface area (Å²) >= 11 is 0. The lowest BCUT2D eigenvalue weighted by molar-refractivity contribution is -0.125. The summed E-state index contributed by atoms with van der Waals surface area (Å²) in [5.41, 5.74) is 2.35. The van der Waals surface area contributed by atoms with Crippen LogP contribution in [0.2, 0.25) is 0 Å². The van der Waals surface area contributed by atoms with Gasteiger partial charge < -0.3 is 10.6 Å². The van der Waals surface area contributed by atoms with Crippen molar-refractivity contribution < 1.29 is 14.4 Å². The Morgan fingerprint density at radius 1 is 1.03 bits per heavy atom. The molecule has 0 bridgehead atoms. The van der Waals surface area contributed by atoms with E-state index in [1.165, 1.54) is 0 Å². The quantitative estimate of drug-likeness (QED) is 0.659. The van der Waals surface area contributed by atoms with Crippen molar-refractivity contribution in [1.82, 2.24) is 15.5 Å². The molecule has 2 N–H and O–H groups in total. The van der Waals surface area contributed by atoms with Crippen LogP contribution >= 0.6 is 0 Å². The molecule has 4 amide bonds. The van der Waals surface area contributed by atoms with Crippen LogP contribution in [-0.2, 0) is 11.3 Å². The zero-order valence-corrected chi connectivity index (χ0v) is 16.0. The maximum absolute atomic E-state index is 12.6. The first-order chi connectivity index (χ1) is 14.0. The van der Waals surface area contributed by atoms with Crippen molar-refractivity contribution in [3.63, 3.8) is 0 Å². The minimum Gasteiger partial charge on any atom is -0.346 e. The molecule has 6 nitrogen and oxygen atoms in total. The van der Waals surface area contributed by atoms with Gasteiger partial charge >= 0.3 is 6.03 Å². The Bertz CT molecular complexity index is 1080. The Morgan fingerprint density at radius 2 is 1.76 bits per heavy atom. The van der Waals surface area contributed by atoms with Crippen molar-refractivity contribution in [3.05, 3.63) is 83.4 Å². The predicted octanol–water partition coefficient (Wildman–Crippen LogP) is 3.38. The number of hydrogen-bond donors (Lipinski definition) is 2. The summed E-state index contributed by atoms with van der Waals surface area (Å²) in [5.74, 6) is -0.423. The van der Waals surface area contributed by atoms with E-state index in [-0.39, 0.29) is 37.0 Å². The number of imide groups is 1. The van der Waals surface area contributed by atoms with Crippen LogP contribution in [0.1, 0.15) is 34.5 Å². The highest BCUT2D eigenvalue weighted by atomic mass is 16.2. The van der Waals surface area contributed by atoms with Gasteiger partial charge in [0.15, 0.2) is 0 Å². The molecule has 3 aromatic rings. The van der Waals surface area contributed by atoms with Crippen LogP contribution in [0, 0.1) is 0 Å². The van der Waals surface area contributed by atoms with Gasteiger partial charge in [0.1, 0.15) is 0 Å². The molecule has 4 rings (SSSR count). The Balaban J connectivity index is 1.42. The first kappa shape index (κ1) is 18.7. The smallest absolute Gasteiger partial charge is 0.324 e. The molecule has 1 atom stereocenters. The van der Waals surface area contributed by atoms with Gasteiger partial charge in [0.25, 0.3) is 5.91 Å². The van der Waals surface area contributed by atoms with E-state index in [0.29, 0.717) is 5.56 Å². The molecule has 0 spiro atoms. The van der Waals surface area contributed by atoms with Crippen molar-refractivity contribution in [2.75, 3.05) is 6.54 Å². The van der Waals surface area contributed by atoms with E-state index in [4.69, 9.17) is 0 Å². The second-order valence-corrected chi connectivity index (χ2v) is 7.14. The molecule has 0 radical (unpaired) electrons. The van der Waals surface area contributed by atoms with Crippen LogP contribution in [0.25, 0.3) is 10.8 Å². The van der Waals surface area contributed by atoms with Gasteiger partial charge in [-0.1, -0.05) is 48.5 Å². The summed E-state index contributed by atoms with van der Waals surface area (Å²) in [6.45, 7) is 2.18. The molecule has 0 aliphatic carbocycles. The molecule has 1 aliphatic heterocycles. The number of urea groups is 1. The largest absolute Gasteiger partial charge is 0.346 e. The van der Waals surface area contributed by atoms with Gasteiger partial charge in [-0.05, 0) is 47.0 Å². The van der Waals surface area contributed by atoms with Gasteiger partial charge in [0.2, 0.25) is 5.91 Å². The normalized spacial score (nSPS) is 14.7. The SMILES string of the molecule is CC(NC(=O)c1ccc(CN2C(=O)CNC2=O)cc1)c1ccc2ccccc2c1. The molecule has 0 saturated carbocycles. The molecule has 3 aromatic carbocycles. The fourth-order valence-electron chi connectivity index (χ4n) is 3.40. The third-order valence-electron chi connectivity index (χ3n) is 5.11. The molecule has 1 saturated heterocycles. The van der Waals surface area contributed by atoms with E-state index < -0.39 is 0 Å². The van der Waals surface area contributed by atoms with Crippen LogP contribution in [-0.4, -0.2) is 29.3 Å². The minimum absolute atomic E-state index is 0.0337. The first-order valence-electron chi connectivity index (χ1n) is 9.48. The van der Waals surface area contributed by atoms with E-state index in [1.54, 1.807) is 24.3 Å². The predicted molar refractivity (Wildman–Crippen MR) is 110 cm³/mol. The van der Waals surface area contributed by atoms with E-state index in [0.717, 1.165) is 26.8 Å². The van der Waals surface area contributed by atoms with Crippen LogP contribution in [0.3, 0.4) is 0 Å². The Hall–Kier alpha value is -3.67. The molecule has 1 fully saturated rings. The van der Waals surface area contributed by atoms with Crippen molar-refractivity contribution >= 4 is 28.6 Å². The highest BCUT2D eigenvalue weighted by Gasteiger charge is 2.28. The lowest BCUT2D eigenvalue weighted by Gasteiger charge is -2.16. The van der Waals surface area contributed by atoms with Crippen molar-refractivity contribution in [2.45, 2.75) is 19.5 Å². The molecular formula is C23H21N3O3. The molecule has 0 aromatic heterocycles. The second kappa shape index (κ2) is 7.75. The third-order valence-corrected chi connectivity index (χ3v) is 5.11. The molecule has 6 heteroatoms. The van der Waals surface area contributed by atoms with Crippen LogP contribution in [0.15, 0.2) is 66.7 Å². The van der Waals surface area contributed by atoms with Gasteiger partial charge in [0, 0.05) is 5.56 Å². The Labute approximate surface area is 168 Å². The average molecular weight is 387 g/mol. The topological polar surface area (TPSA) is 78.5 Å². The van der Waals surface area contributed by atoms with Crippen LogP contribution in [0.4, 0.5) is 4.79 Å². The average Bonchev–Trinajstić information content (AvgIpc) is 3.06. The zero-order valence-electron chi connectivity index (χ0n) is 16.0.